The fourth-order valence-electron chi connectivity index (χ4n) is 1.53. The van der Waals surface area contributed by atoms with Gasteiger partial charge in [-0.05, 0) is 26.3 Å². The zero-order valence-electron chi connectivity index (χ0n) is 11.3. The number of nitrogens with one attached hydrogen (secondary N) is 3. The molecule has 106 valence electrons. The van der Waals surface area contributed by atoms with Crippen LogP contribution in [0.15, 0.2) is 18.7 Å². The molecule has 0 saturated heterocycles. The lowest BCUT2D eigenvalue weighted by Crippen LogP contribution is -2.47. The normalized spacial score (nSPS) is 11.9. The van der Waals surface area contributed by atoms with Gasteiger partial charge in [0.2, 0.25) is 5.91 Å². The largest absolute Gasteiger partial charge is 0.341 e. The van der Waals surface area contributed by atoms with Crippen LogP contribution < -0.4 is 16.0 Å². The van der Waals surface area contributed by atoms with Crippen LogP contribution >= 0.6 is 0 Å². The quantitative estimate of drug-likeness (QED) is 0.611. The molecule has 19 heavy (non-hydrogen) atoms. The van der Waals surface area contributed by atoms with Gasteiger partial charge in [0.15, 0.2) is 0 Å². The minimum atomic E-state index is -0.487. The van der Waals surface area contributed by atoms with E-state index < -0.39 is 6.03 Å². The van der Waals surface area contributed by atoms with E-state index in [1.807, 2.05) is 10.8 Å². The van der Waals surface area contributed by atoms with E-state index in [0.717, 1.165) is 25.9 Å². The Bertz CT molecular complexity index is 391. The number of unbranched alkanes of at least 4 members (excludes halogenated alkanes) is 1. The van der Waals surface area contributed by atoms with E-state index in [1.165, 1.54) is 7.05 Å². The summed E-state index contributed by atoms with van der Waals surface area (Å²) in [4.78, 5) is 26.4. The lowest BCUT2D eigenvalue weighted by Gasteiger charge is -2.13. The van der Waals surface area contributed by atoms with Crippen molar-refractivity contribution in [1.29, 1.82) is 0 Å². The van der Waals surface area contributed by atoms with E-state index in [2.05, 4.69) is 20.9 Å². The molecular formula is C12H21N5O2. The Hall–Kier alpha value is -1.89. The molecule has 1 rings (SSSR count). The van der Waals surface area contributed by atoms with Gasteiger partial charge < -0.3 is 15.2 Å². The molecular weight excluding hydrogens is 246 g/mol. The lowest BCUT2D eigenvalue weighted by atomic mass is 10.2. The van der Waals surface area contributed by atoms with Gasteiger partial charge in [-0.3, -0.25) is 10.1 Å². The lowest BCUT2D eigenvalue weighted by molar-refractivity contribution is -0.121. The first-order valence-electron chi connectivity index (χ1n) is 6.35. The highest BCUT2D eigenvalue weighted by atomic mass is 16.2. The number of imidazole rings is 1. The Morgan fingerprint density at radius 2 is 2.16 bits per heavy atom. The van der Waals surface area contributed by atoms with Crippen LogP contribution in [0.1, 0.15) is 19.8 Å². The van der Waals surface area contributed by atoms with Crippen molar-refractivity contribution in [1.82, 2.24) is 25.5 Å². The maximum Gasteiger partial charge on any atom is 0.321 e. The van der Waals surface area contributed by atoms with E-state index in [-0.39, 0.29) is 11.9 Å². The van der Waals surface area contributed by atoms with Crippen molar-refractivity contribution in [3.05, 3.63) is 18.7 Å². The van der Waals surface area contributed by atoms with Gasteiger partial charge in [-0.15, -0.1) is 0 Å². The van der Waals surface area contributed by atoms with Crippen LogP contribution in [0.4, 0.5) is 4.79 Å². The Morgan fingerprint density at radius 1 is 1.37 bits per heavy atom. The number of imide groups is 1. The zero-order chi connectivity index (χ0) is 14.1. The average Bonchev–Trinajstić information content (AvgIpc) is 2.90. The van der Waals surface area contributed by atoms with E-state index in [0.29, 0.717) is 0 Å². The fraction of sp³-hybridized carbons (Fsp3) is 0.583. The maximum atomic E-state index is 11.5. The third-order valence-corrected chi connectivity index (χ3v) is 2.71. The maximum absolute atomic E-state index is 11.5. The van der Waals surface area contributed by atoms with E-state index in [1.54, 1.807) is 19.4 Å². The van der Waals surface area contributed by atoms with E-state index >= 15 is 0 Å². The smallest absolute Gasteiger partial charge is 0.321 e. The number of aryl methyl sites for hydroxylation is 1. The summed E-state index contributed by atoms with van der Waals surface area (Å²) in [7, 11) is 1.47. The average molecular weight is 267 g/mol. The number of aromatic nitrogens is 2. The van der Waals surface area contributed by atoms with Gasteiger partial charge in [-0.2, -0.15) is 0 Å². The second kappa shape index (κ2) is 8.25. The molecule has 1 aromatic rings. The summed E-state index contributed by atoms with van der Waals surface area (Å²) in [5.41, 5.74) is 0. The SMILES string of the molecule is CNC(=O)NC(=O)C(C)NCCCCn1ccnc1. The number of hydrogen-bond acceptors (Lipinski definition) is 4. The van der Waals surface area contributed by atoms with Gasteiger partial charge in [-0.25, -0.2) is 9.78 Å². The molecule has 7 heteroatoms. The zero-order valence-corrected chi connectivity index (χ0v) is 11.3. The highest BCUT2D eigenvalue weighted by molar-refractivity contribution is 5.96. The molecule has 1 aromatic heterocycles. The van der Waals surface area contributed by atoms with Crippen LogP contribution in [-0.4, -0.2) is 41.1 Å². The highest BCUT2D eigenvalue weighted by Gasteiger charge is 2.13. The third-order valence-electron chi connectivity index (χ3n) is 2.71. The minimum Gasteiger partial charge on any atom is -0.341 e. The number of hydrogen-bond donors (Lipinski definition) is 3. The van der Waals surface area contributed by atoms with Crippen molar-refractivity contribution in [2.24, 2.45) is 0 Å². The number of urea groups is 1. The van der Waals surface area contributed by atoms with Crippen molar-refractivity contribution < 1.29 is 9.59 Å². The monoisotopic (exact) mass is 267 g/mol. The van der Waals surface area contributed by atoms with Crippen LogP contribution in [0.25, 0.3) is 0 Å². The molecule has 1 atom stereocenters. The highest BCUT2D eigenvalue weighted by Crippen LogP contribution is 1.94. The van der Waals surface area contributed by atoms with Crippen molar-refractivity contribution in [3.8, 4) is 0 Å². The first-order chi connectivity index (χ1) is 9.13. The molecule has 0 aliphatic heterocycles. The van der Waals surface area contributed by atoms with Gasteiger partial charge in [0.05, 0.1) is 12.4 Å². The van der Waals surface area contributed by atoms with Gasteiger partial charge in [0.25, 0.3) is 0 Å². The Morgan fingerprint density at radius 3 is 2.79 bits per heavy atom. The first kappa shape index (κ1) is 15.2. The Balaban J connectivity index is 2.08. The fourth-order valence-corrected chi connectivity index (χ4v) is 1.53. The molecule has 0 aliphatic carbocycles. The first-order valence-corrected chi connectivity index (χ1v) is 6.35. The number of rotatable bonds is 7. The molecule has 1 unspecified atom stereocenters. The molecule has 0 saturated carbocycles. The second-order valence-corrected chi connectivity index (χ2v) is 4.25. The topological polar surface area (TPSA) is 88.0 Å². The van der Waals surface area contributed by atoms with Crippen LogP contribution in [0.2, 0.25) is 0 Å². The number of carbonyl (C=O) groups excluding carboxylic acids is 2. The second-order valence-electron chi connectivity index (χ2n) is 4.25. The summed E-state index contributed by atoms with van der Waals surface area (Å²) in [5, 5.41) is 7.64. The molecule has 3 amide bonds. The molecule has 0 aromatic carbocycles. The summed E-state index contributed by atoms with van der Waals surface area (Å²) in [6, 6.07) is -0.871. The molecule has 7 nitrogen and oxygen atoms in total. The van der Waals surface area contributed by atoms with Crippen LogP contribution in [0.5, 0.6) is 0 Å². The van der Waals surface area contributed by atoms with Crippen LogP contribution in [-0.2, 0) is 11.3 Å². The number of carbonyl (C=O) groups is 2. The van der Waals surface area contributed by atoms with E-state index in [4.69, 9.17) is 0 Å². The Labute approximate surface area is 112 Å². The van der Waals surface area contributed by atoms with Crippen molar-refractivity contribution in [3.63, 3.8) is 0 Å². The summed E-state index contributed by atoms with van der Waals surface area (Å²) in [6.07, 6.45) is 7.42. The van der Waals surface area contributed by atoms with Crippen molar-refractivity contribution in [2.75, 3.05) is 13.6 Å². The number of amides is 3. The molecule has 0 aliphatic rings. The van der Waals surface area contributed by atoms with Crippen LogP contribution in [0, 0.1) is 0 Å². The molecule has 1 heterocycles. The van der Waals surface area contributed by atoms with E-state index in [9.17, 15) is 9.59 Å². The molecule has 0 fully saturated rings. The van der Waals surface area contributed by atoms with Crippen LogP contribution in [0.3, 0.4) is 0 Å². The predicted octanol–water partition coefficient (Wildman–Crippen LogP) is 0.0970. The number of nitrogens with zero attached hydrogens (tertiary/aromatic N) is 2. The van der Waals surface area contributed by atoms with Gasteiger partial charge in [-0.1, -0.05) is 0 Å². The van der Waals surface area contributed by atoms with Gasteiger partial charge in [0, 0.05) is 26.0 Å². The standard InChI is InChI=1S/C12H21N5O2/c1-10(11(18)16-12(19)13-2)15-5-3-4-7-17-8-6-14-9-17/h6,8-10,15H,3-5,7H2,1-2H3,(H2,13,16,18,19). The summed E-state index contributed by atoms with van der Waals surface area (Å²) < 4.78 is 2.02. The molecule has 0 radical (unpaired) electrons. The molecule has 0 bridgehead atoms. The summed E-state index contributed by atoms with van der Waals surface area (Å²) in [5.74, 6) is -0.325. The summed E-state index contributed by atoms with van der Waals surface area (Å²) >= 11 is 0. The predicted molar refractivity (Wildman–Crippen MR) is 71.5 cm³/mol. The third kappa shape index (κ3) is 6.01. The molecule has 0 spiro atoms. The van der Waals surface area contributed by atoms with Crippen molar-refractivity contribution >= 4 is 11.9 Å². The Kier molecular flexibility index (Phi) is 6.59. The van der Waals surface area contributed by atoms with Gasteiger partial charge >= 0.3 is 6.03 Å². The van der Waals surface area contributed by atoms with Crippen molar-refractivity contribution in [2.45, 2.75) is 32.4 Å². The molecule has 3 N–H and O–H groups in total. The summed E-state index contributed by atoms with van der Waals surface area (Å²) in [6.45, 7) is 3.38. The minimum absolute atomic E-state index is 0.325. The van der Waals surface area contributed by atoms with Gasteiger partial charge in [0.1, 0.15) is 0 Å².